The van der Waals surface area contributed by atoms with Crippen LogP contribution >= 0.6 is 0 Å². The topological polar surface area (TPSA) is 38.5 Å². The number of anilines is 1. The Bertz CT molecular complexity index is 380. The lowest BCUT2D eigenvalue weighted by molar-refractivity contribution is 0.202. The zero-order valence-electron chi connectivity index (χ0n) is 12.2. The predicted octanol–water partition coefficient (Wildman–Crippen LogP) is 2.93. The summed E-state index contributed by atoms with van der Waals surface area (Å²) in [6, 6.07) is 5.27. The van der Waals surface area contributed by atoms with Gasteiger partial charge >= 0.3 is 0 Å². The Balaban J connectivity index is 3.08. The fourth-order valence-corrected chi connectivity index (χ4v) is 2.42. The predicted molar refractivity (Wildman–Crippen MR) is 77.9 cm³/mol. The summed E-state index contributed by atoms with van der Waals surface area (Å²) < 4.78 is 18.5. The normalized spacial score (nSPS) is 11.1. The molecule has 0 heterocycles. The standard InChI is InChI=1S/C15H25FN2O/c1-4-14(5-2)18(8-9-19-3)15-7-6-13(16)10-12(15)11-17/h6-7,10,14H,4-5,8-9,11,17H2,1-3H3. The molecular weight excluding hydrogens is 243 g/mol. The minimum absolute atomic E-state index is 0.236. The minimum Gasteiger partial charge on any atom is -0.383 e. The summed E-state index contributed by atoms with van der Waals surface area (Å²) >= 11 is 0. The van der Waals surface area contributed by atoms with E-state index in [1.807, 2.05) is 6.07 Å². The van der Waals surface area contributed by atoms with Crippen LogP contribution in [0, 0.1) is 5.82 Å². The highest BCUT2D eigenvalue weighted by Gasteiger charge is 2.18. The average Bonchev–Trinajstić information content (AvgIpc) is 2.43. The molecule has 0 aliphatic rings. The maximum absolute atomic E-state index is 13.3. The lowest BCUT2D eigenvalue weighted by Crippen LogP contribution is -2.38. The van der Waals surface area contributed by atoms with Gasteiger partial charge in [-0.25, -0.2) is 4.39 Å². The number of halogens is 1. The molecule has 0 aliphatic heterocycles. The van der Waals surface area contributed by atoms with Gasteiger partial charge in [0.25, 0.3) is 0 Å². The lowest BCUT2D eigenvalue weighted by atomic mass is 10.1. The molecule has 1 rings (SSSR count). The van der Waals surface area contributed by atoms with Gasteiger partial charge in [-0.2, -0.15) is 0 Å². The Morgan fingerprint density at radius 1 is 1.32 bits per heavy atom. The number of hydrogen-bond donors (Lipinski definition) is 1. The van der Waals surface area contributed by atoms with Crippen LogP contribution in [-0.4, -0.2) is 26.3 Å². The van der Waals surface area contributed by atoms with Gasteiger partial charge in [-0.15, -0.1) is 0 Å². The van der Waals surface area contributed by atoms with Gasteiger partial charge in [0.1, 0.15) is 5.82 Å². The second-order valence-electron chi connectivity index (χ2n) is 4.63. The Morgan fingerprint density at radius 3 is 2.53 bits per heavy atom. The number of hydrogen-bond acceptors (Lipinski definition) is 3. The van der Waals surface area contributed by atoms with Crippen molar-refractivity contribution in [1.29, 1.82) is 0 Å². The monoisotopic (exact) mass is 268 g/mol. The van der Waals surface area contributed by atoms with E-state index in [4.69, 9.17) is 10.5 Å². The van der Waals surface area contributed by atoms with E-state index in [2.05, 4.69) is 18.7 Å². The largest absolute Gasteiger partial charge is 0.383 e. The average molecular weight is 268 g/mol. The van der Waals surface area contributed by atoms with Gasteiger partial charge < -0.3 is 15.4 Å². The summed E-state index contributed by atoms with van der Waals surface area (Å²) in [5, 5.41) is 0. The van der Waals surface area contributed by atoms with E-state index < -0.39 is 0 Å². The molecule has 1 aromatic rings. The number of rotatable bonds is 8. The van der Waals surface area contributed by atoms with Crippen LogP contribution in [0.4, 0.5) is 10.1 Å². The summed E-state index contributed by atoms with van der Waals surface area (Å²) in [7, 11) is 1.69. The summed E-state index contributed by atoms with van der Waals surface area (Å²) in [4.78, 5) is 2.28. The van der Waals surface area contributed by atoms with Crippen molar-refractivity contribution in [3.05, 3.63) is 29.6 Å². The van der Waals surface area contributed by atoms with E-state index >= 15 is 0 Å². The molecule has 19 heavy (non-hydrogen) atoms. The molecule has 0 fully saturated rings. The Hall–Kier alpha value is -1.13. The molecule has 0 spiro atoms. The fourth-order valence-electron chi connectivity index (χ4n) is 2.42. The van der Waals surface area contributed by atoms with E-state index in [9.17, 15) is 4.39 Å². The van der Waals surface area contributed by atoms with Crippen LogP contribution in [0.15, 0.2) is 18.2 Å². The molecule has 0 saturated heterocycles. The first-order valence-electron chi connectivity index (χ1n) is 6.91. The molecule has 1 aromatic carbocycles. The Kier molecular flexibility index (Phi) is 6.81. The molecule has 0 bridgehead atoms. The van der Waals surface area contributed by atoms with E-state index in [1.165, 1.54) is 12.1 Å². The molecule has 0 unspecified atom stereocenters. The quantitative estimate of drug-likeness (QED) is 0.788. The van der Waals surface area contributed by atoms with E-state index in [0.717, 1.165) is 30.6 Å². The number of ether oxygens (including phenoxy) is 1. The first kappa shape index (κ1) is 15.9. The number of benzene rings is 1. The van der Waals surface area contributed by atoms with Gasteiger partial charge in [0.2, 0.25) is 0 Å². The summed E-state index contributed by atoms with van der Waals surface area (Å²) in [6.07, 6.45) is 2.09. The van der Waals surface area contributed by atoms with Crippen molar-refractivity contribution in [2.45, 2.75) is 39.3 Å². The van der Waals surface area contributed by atoms with Crippen LogP contribution < -0.4 is 10.6 Å². The highest BCUT2D eigenvalue weighted by molar-refractivity contribution is 5.54. The molecule has 0 atom stereocenters. The number of methoxy groups -OCH3 is 1. The van der Waals surface area contributed by atoms with Crippen LogP contribution in [0.25, 0.3) is 0 Å². The summed E-state index contributed by atoms with van der Waals surface area (Å²) in [5.74, 6) is -0.236. The fraction of sp³-hybridized carbons (Fsp3) is 0.600. The molecule has 0 aliphatic carbocycles. The van der Waals surface area contributed by atoms with Crippen molar-refractivity contribution in [1.82, 2.24) is 0 Å². The Labute approximate surface area is 115 Å². The second kappa shape index (κ2) is 8.12. The molecule has 4 heteroatoms. The third-order valence-corrected chi connectivity index (χ3v) is 3.49. The summed E-state index contributed by atoms with van der Waals surface area (Å²) in [5.41, 5.74) is 7.62. The number of nitrogens with zero attached hydrogens (tertiary/aromatic N) is 1. The van der Waals surface area contributed by atoms with Crippen molar-refractivity contribution in [2.75, 3.05) is 25.2 Å². The summed E-state index contributed by atoms with van der Waals surface area (Å²) in [6.45, 7) is 6.12. The zero-order chi connectivity index (χ0) is 14.3. The van der Waals surface area contributed by atoms with Crippen molar-refractivity contribution in [3.63, 3.8) is 0 Å². The molecule has 0 radical (unpaired) electrons. The molecule has 0 saturated carbocycles. The maximum atomic E-state index is 13.3. The molecule has 2 N–H and O–H groups in total. The van der Waals surface area contributed by atoms with E-state index in [1.54, 1.807) is 7.11 Å². The molecule has 0 aromatic heterocycles. The third kappa shape index (κ3) is 4.18. The molecular formula is C15H25FN2O. The third-order valence-electron chi connectivity index (χ3n) is 3.49. The highest BCUT2D eigenvalue weighted by Crippen LogP contribution is 2.25. The zero-order valence-corrected chi connectivity index (χ0v) is 12.2. The van der Waals surface area contributed by atoms with Gasteiger partial charge in [0.05, 0.1) is 6.61 Å². The first-order chi connectivity index (χ1) is 9.17. The SMILES string of the molecule is CCC(CC)N(CCOC)c1ccc(F)cc1CN. The van der Waals surface area contributed by atoms with E-state index in [-0.39, 0.29) is 5.82 Å². The van der Waals surface area contributed by atoms with Gasteiger partial charge in [-0.05, 0) is 36.6 Å². The van der Waals surface area contributed by atoms with Crippen LogP contribution in [0.2, 0.25) is 0 Å². The van der Waals surface area contributed by atoms with Gasteiger partial charge in [-0.3, -0.25) is 0 Å². The van der Waals surface area contributed by atoms with Gasteiger partial charge in [0, 0.05) is 31.9 Å². The smallest absolute Gasteiger partial charge is 0.123 e. The van der Waals surface area contributed by atoms with Gasteiger partial charge in [0.15, 0.2) is 0 Å². The second-order valence-corrected chi connectivity index (χ2v) is 4.63. The van der Waals surface area contributed by atoms with Gasteiger partial charge in [-0.1, -0.05) is 13.8 Å². The van der Waals surface area contributed by atoms with Crippen molar-refractivity contribution in [2.24, 2.45) is 5.73 Å². The molecule has 3 nitrogen and oxygen atoms in total. The highest BCUT2D eigenvalue weighted by atomic mass is 19.1. The molecule has 0 amide bonds. The van der Waals surface area contributed by atoms with Crippen molar-refractivity contribution < 1.29 is 9.13 Å². The minimum atomic E-state index is -0.236. The van der Waals surface area contributed by atoms with Crippen molar-refractivity contribution >= 4 is 5.69 Å². The van der Waals surface area contributed by atoms with Crippen molar-refractivity contribution in [3.8, 4) is 0 Å². The number of nitrogens with two attached hydrogens (primary N) is 1. The maximum Gasteiger partial charge on any atom is 0.123 e. The molecule has 108 valence electrons. The van der Waals surface area contributed by atoms with Crippen LogP contribution in [0.3, 0.4) is 0 Å². The van der Waals surface area contributed by atoms with Crippen LogP contribution in [0.5, 0.6) is 0 Å². The lowest BCUT2D eigenvalue weighted by Gasteiger charge is -2.34. The van der Waals surface area contributed by atoms with E-state index in [0.29, 0.717) is 19.2 Å². The van der Waals surface area contributed by atoms with Crippen LogP contribution in [-0.2, 0) is 11.3 Å². The Morgan fingerprint density at radius 2 is 2.00 bits per heavy atom. The first-order valence-corrected chi connectivity index (χ1v) is 6.91. The van der Waals surface area contributed by atoms with Crippen LogP contribution in [0.1, 0.15) is 32.3 Å².